The standard InChI is InChI=1S/C10H9N3O4/c11-10-6(5-14)9(7-2-1-3-17-7)12-13(10)4-8(15)16/h1-3,5H,4,11H2,(H,15,16). The van der Waals surface area contributed by atoms with Crippen molar-refractivity contribution in [3.8, 4) is 11.5 Å². The summed E-state index contributed by atoms with van der Waals surface area (Å²) in [5.74, 6) is -0.723. The fraction of sp³-hybridized carbons (Fsp3) is 0.100. The Bertz CT molecular complexity index is 556. The van der Waals surface area contributed by atoms with Gasteiger partial charge in [0.05, 0.1) is 11.8 Å². The van der Waals surface area contributed by atoms with E-state index >= 15 is 0 Å². The summed E-state index contributed by atoms with van der Waals surface area (Å²) in [5.41, 5.74) is 6.00. The lowest BCUT2D eigenvalue weighted by Gasteiger charge is -1.97. The molecular weight excluding hydrogens is 226 g/mol. The van der Waals surface area contributed by atoms with Crippen molar-refractivity contribution in [2.75, 3.05) is 5.73 Å². The molecule has 88 valence electrons. The second-order valence-electron chi connectivity index (χ2n) is 3.29. The Morgan fingerprint density at radius 3 is 2.94 bits per heavy atom. The maximum atomic E-state index is 10.9. The summed E-state index contributed by atoms with van der Waals surface area (Å²) in [6, 6.07) is 3.25. The van der Waals surface area contributed by atoms with Crippen LogP contribution in [0.5, 0.6) is 0 Å². The quantitative estimate of drug-likeness (QED) is 0.751. The number of nitrogens with zero attached hydrogens (tertiary/aromatic N) is 2. The van der Waals surface area contributed by atoms with E-state index in [-0.39, 0.29) is 17.1 Å². The summed E-state index contributed by atoms with van der Waals surface area (Å²) in [5, 5.41) is 12.6. The zero-order chi connectivity index (χ0) is 12.4. The molecular formula is C10H9N3O4. The van der Waals surface area contributed by atoms with Crippen LogP contribution < -0.4 is 5.73 Å². The highest BCUT2D eigenvalue weighted by Crippen LogP contribution is 2.25. The number of hydrogen-bond donors (Lipinski definition) is 2. The SMILES string of the molecule is Nc1c(C=O)c(-c2ccco2)nn1CC(=O)O. The first kappa shape index (κ1) is 10.9. The molecule has 2 aromatic rings. The number of aliphatic carboxylic acids is 1. The minimum Gasteiger partial charge on any atom is -0.480 e. The Morgan fingerprint density at radius 2 is 2.41 bits per heavy atom. The summed E-state index contributed by atoms with van der Waals surface area (Å²) in [6.07, 6.45) is 1.95. The van der Waals surface area contributed by atoms with Gasteiger partial charge in [-0.15, -0.1) is 0 Å². The molecule has 0 spiro atoms. The van der Waals surface area contributed by atoms with Crippen LogP contribution in [-0.2, 0) is 11.3 Å². The number of aldehydes is 1. The highest BCUT2D eigenvalue weighted by atomic mass is 16.4. The lowest BCUT2D eigenvalue weighted by molar-refractivity contribution is -0.137. The van der Waals surface area contributed by atoms with Crippen LogP contribution in [0.4, 0.5) is 5.82 Å². The number of nitrogen functional groups attached to an aromatic ring is 1. The Balaban J connectivity index is 2.53. The van der Waals surface area contributed by atoms with E-state index in [1.54, 1.807) is 12.1 Å². The van der Waals surface area contributed by atoms with Gasteiger partial charge in [-0.2, -0.15) is 5.10 Å². The molecule has 0 atom stereocenters. The first-order chi connectivity index (χ1) is 8.13. The average Bonchev–Trinajstić information content (AvgIpc) is 2.87. The van der Waals surface area contributed by atoms with Crippen LogP contribution in [0.15, 0.2) is 22.8 Å². The predicted molar refractivity (Wildman–Crippen MR) is 57.4 cm³/mol. The van der Waals surface area contributed by atoms with Gasteiger partial charge in [-0.25, -0.2) is 4.68 Å². The second-order valence-corrected chi connectivity index (χ2v) is 3.29. The van der Waals surface area contributed by atoms with Gasteiger partial charge < -0.3 is 15.3 Å². The lowest BCUT2D eigenvalue weighted by atomic mass is 10.2. The molecule has 0 aliphatic carbocycles. The second kappa shape index (κ2) is 4.12. The Morgan fingerprint density at radius 1 is 1.65 bits per heavy atom. The number of anilines is 1. The van der Waals surface area contributed by atoms with Crippen LogP contribution in [0.3, 0.4) is 0 Å². The molecule has 0 saturated heterocycles. The van der Waals surface area contributed by atoms with Gasteiger partial charge in [0.1, 0.15) is 18.1 Å². The molecule has 0 bridgehead atoms. The molecule has 7 heteroatoms. The largest absolute Gasteiger partial charge is 0.480 e. The Hall–Kier alpha value is -2.57. The van der Waals surface area contributed by atoms with Crippen molar-refractivity contribution in [3.63, 3.8) is 0 Å². The van der Waals surface area contributed by atoms with E-state index in [0.29, 0.717) is 12.0 Å². The van der Waals surface area contributed by atoms with Crippen molar-refractivity contribution in [2.45, 2.75) is 6.54 Å². The topological polar surface area (TPSA) is 111 Å². The van der Waals surface area contributed by atoms with Crippen molar-refractivity contribution >= 4 is 18.1 Å². The van der Waals surface area contributed by atoms with Gasteiger partial charge in [-0.05, 0) is 12.1 Å². The molecule has 0 aliphatic rings. The molecule has 7 nitrogen and oxygen atoms in total. The lowest BCUT2D eigenvalue weighted by Crippen LogP contribution is -2.12. The number of carboxylic acids is 1. The predicted octanol–water partition coefficient (Wildman–Crippen LogP) is 0.622. The molecule has 0 fully saturated rings. The third-order valence-corrected chi connectivity index (χ3v) is 2.19. The molecule has 2 heterocycles. The third kappa shape index (κ3) is 1.89. The van der Waals surface area contributed by atoms with Crippen LogP contribution in [0.25, 0.3) is 11.5 Å². The fourth-order valence-corrected chi connectivity index (χ4v) is 1.45. The van der Waals surface area contributed by atoms with Gasteiger partial charge in [-0.3, -0.25) is 9.59 Å². The van der Waals surface area contributed by atoms with Crippen molar-refractivity contribution in [1.29, 1.82) is 0 Å². The molecule has 3 N–H and O–H groups in total. The maximum Gasteiger partial charge on any atom is 0.325 e. The summed E-state index contributed by atoms with van der Waals surface area (Å²) >= 11 is 0. The zero-order valence-electron chi connectivity index (χ0n) is 8.66. The molecule has 17 heavy (non-hydrogen) atoms. The van der Waals surface area contributed by atoms with E-state index in [9.17, 15) is 9.59 Å². The maximum absolute atomic E-state index is 10.9. The van der Waals surface area contributed by atoms with Gasteiger partial charge in [0.25, 0.3) is 0 Å². The number of nitrogens with two attached hydrogens (primary N) is 1. The molecule has 0 saturated carbocycles. The van der Waals surface area contributed by atoms with E-state index in [4.69, 9.17) is 15.3 Å². The molecule has 0 aromatic carbocycles. The molecule has 0 radical (unpaired) electrons. The molecule has 0 aliphatic heterocycles. The van der Waals surface area contributed by atoms with Crippen molar-refractivity contribution in [2.24, 2.45) is 0 Å². The average molecular weight is 235 g/mol. The van der Waals surface area contributed by atoms with E-state index < -0.39 is 12.5 Å². The number of carbonyl (C=O) groups is 2. The first-order valence-electron chi connectivity index (χ1n) is 4.70. The smallest absolute Gasteiger partial charge is 0.325 e. The van der Waals surface area contributed by atoms with Crippen LogP contribution >= 0.6 is 0 Å². The molecule has 2 rings (SSSR count). The van der Waals surface area contributed by atoms with E-state index in [1.165, 1.54) is 6.26 Å². The Labute approximate surface area is 95.4 Å². The fourth-order valence-electron chi connectivity index (χ4n) is 1.45. The van der Waals surface area contributed by atoms with Gasteiger partial charge in [0.15, 0.2) is 12.0 Å². The van der Waals surface area contributed by atoms with Gasteiger partial charge in [0, 0.05) is 0 Å². The minimum atomic E-state index is -1.09. The van der Waals surface area contributed by atoms with Crippen LogP contribution in [0.2, 0.25) is 0 Å². The van der Waals surface area contributed by atoms with Crippen molar-refractivity contribution in [1.82, 2.24) is 9.78 Å². The van der Waals surface area contributed by atoms with E-state index in [2.05, 4.69) is 5.10 Å². The third-order valence-electron chi connectivity index (χ3n) is 2.19. The first-order valence-corrected chi connectivity index (χ1v) is 4.70. The van der Waals surface area contributed by atoms with Crippen LogP contribution in [0.1, 0.15) is 10.4 Å². The number of carboxylic acid groups (broad SMARTS) is 1. The Kier molecular flexibility index (Phi) is 2.65. The van der Waals surface area contributed by atoms with Crippen LogP contribution in [0, 0.1) is 0 Å². The van der Waals surface area contributed by atoms with Gasteiger partial charge >= 0.3 is 5.97 Å². The number of hydrogen-bond acceptors (Lipinski definition) is 5. The van der Waals surface area contributed by atoms with E-state index in [0.717, 1.165) is 4.68 Å². The molecule has 0 unspecified atom stereocenters. The van der Waals surface area contributed by atoms with Gasteiger partial charge in [0.2, 0.25) is 0 Å². The highest BCUT2D eigenvalue weighted by molar-refractivity contribution is 5.90. The molecule has 2 aromatic heterocycles. The highest BCUT2D eigenvalue weighted by Gasteiger charge is 2.19. The minimum absolute atomic E-state index is 0.00815. The van der Waals surface area contributed by atoms with Crippen molar-refractivity contribution < 1.29 is 19.1 Å². The monoisotopic (exact) mass is 235 g/mol. The summed E-state index contributed by atoms with van der Waals surface area (Å²) in [7, 11) is 0. The normalized spacial score (nSPS) is 10.4. The van der Waals surface area contributed by atoms with Crippen molar-refractivity contribution in [3.05, 3.63) is 24.0 Å². The summed E-state index contributed by atoms with van der Waals surface area (Å²) in [4.78, 5) is 21.5. The number of rotatable bonds is 4. The number of aromatic nitrogens is 2. The van der Waals surface area contributed by atoms with Crippen LogP contribution in [-0.4, -0.2) is 27.1 Å². The van der Waals surface area contributed by atoms with E-state index in [1.807, 2.05) is 0 Å². The summed E-state index contributed by atoms with van der Waals surface area (Å²) in [6.45, 7) is -0.409. The summed E-state index contributed by atoms with van der Waals surface area (Å²) < 4.78 is 6.14. The zero-order valence-corrected chi connectivity index (χ0v) is 8.66. The number of furan rings is 1. The van der Waals surface area contributed by atoms with Gasteiger partial charge in [-0.1, -0.05) is 0 Å². The number of carbonyl (C=O) groups excluding carboxylic acids is 1. The molecule has 0 amide bonds.